The number of thioether (sulfide) groups is 3. The third kappa shape index (κ3) is 107. The molecule has 6 unspecified atom stereocenters. The largest absolute Gasteiger partial charge is 0.486 e. The SMILES string of the molecule is C1CC2OC1C1CNCC21.C1CCCNCC1.C1CCCOCC1.C1CCNC1.C1CCNCC1.C1CCOCC1.C1CNCCN1.C1COCCN1.C1COCSC1.C1COCSC1.C1CSCCN1.C1NCC2CC12.CC.CC.CC.CC.CC.CC.CC.CC.CC.CC.CC.CC.CC.CC.CC.O=CN1CCNCC1.c1ccc2c(c1)CCNC2.c1ccc2c(c1)OCCO2. The van der Waals surface area contributed by atoms with Crippen LogP contribution in [-0.2, 0) is 46.2 Å². The van der Waals surface area contributed by atoms with Crippen molar-refractivity contribution in [3.63, 3.8) is 0 Å². The van der Waals surface area contributed by atoms with E-state index in [0.29, 0.717) is 25.4 Å². The maximum atomic E-state index is 10.1. The molecular formula is C111H240N12O9S3. The second-order valence-corrected chi connectivity index (χ2v) is 32.2. The van der Waals surface area contributed by atoms with Crippen molar-refractivity contribution in [3.8, 4) is 11.5 Å². The average molecular weight is 1980 g/mol. The Morgan fingerprint density at radius 1 is 0.281 bits per heavy atom. The molecule has 6 atom stereocenters. The number of amides is 1. The molecule has 17 heterocycles. The summed E-state index contributed by atoms with van der Waals surface area (Å²) in [6.45, 7) is 96.5. The molecule has 21 nitrogen and oxygen atoms in total. The lowest BCUT2D eigenvalue weighted by Crippen LogP contribution is -2.42. The highest BCUT2D eigenvalue weighted by molar-refractivity contribution is 7.99. The number of hydrogen-bond donors (Lipinski definition) is 11. The first-order valence-electron chi connectivity index (χ1n) is 56.9. The van der Waals surface area contributed by atoms with Crippen LogP contribution in [0.1, 0.15) is 354 Å². The van der Waals surface area contributed by atoms with E-state index in [1.54, 1.807) is 4.90 Å². The summed E-state index contributed by atoms with van der Waals surface area (Å²) in [7, 11) is 0. The molecule has 15 saturated heterocycles. The van der Waals surface area contributed by atoms with E-state index in [9.17, 15) is 4.79 Å². The molecule has 2 aromatic rings. The molecule has 16 fully saturated rings. The molecule has 816 valence electrons. The van der Waals surface area contributed by atoms with Gasteiger partial charge in [-0.2, -0.15) is 11.8 Å². The Hall–Kier alpha value is -2.12. The van der Waals surface area contributed by atoms with Gasteiger partial charge in [-0.05, 0) is 215 Å². The third-order valence-corrected chi connectivity index (χ3v) is 23.0. The second-order valence-electron chi connectivity index (χ2n) is 28.9. The van der Waals surface area contributed by atoms with E-state index in [4.69, 9.17) is 37.9 Å². The summed E-state index contributed by atoms with van der Waals surface area (Å²) in [4.78, 5) is 11.8. The molecule has 20 rings (SSSR count). The van der Waals surface area contributed by atoms with E-state index in [1.165, 1.54) is 254 Å². The summed E-state index contributed by atoms with van der Waals surface area (Å²) in [5.41, 5.74) is 2.98. The zero-order valence-corrected chi connectivity index (χ0v) is 97.8. The van der Waals surface area contributed by atoms with Crippen molar-refractivity contribution in [2.45, 2.75) is 368 Å². The van der Waals surface area contributed by atoms with Crippen molar-refractivity contribution in [1.82, 2.24) is 63.4 Å². The number of piperazine rings is 2. The van der Waals surface area contributed by atoms with Crippen LogP contribution in [0.2, 0.25) is 0 Å². The Bertz CT molecular complexity index is 1860. The van der Waals surface area contributed by atoms with Gasteiger partial charge in [-0.25, -0.2) is 0 Å². The molecule has 0 spiro atoms. The summed E-state index contributed by atoms with van der Waals surface area (Å²) in [6, 6.07) is 16.3. The van der Waals surface area contributed by atoms with E-state index < -0.39 is 0 Å². The molecule has 2 bridgehead atoms. The molecular weight excluding hydrogens is 1740 g/mol. The minimum absolute atomic E-state index is 0.630. The van der Waals surface area contributed by atoms with Crippen LogP contribution in [0.5, 0.6) is 11.5 Å². The zero-order valence-electron chi connectivity index (χ0n) is 95.3. The van der Waals surface area contributed by atoms with Gasteiger partial charge in [-0.3, -0.25) is 4.79 Å². The van der Waals surface area contributed by atoms with Crippen LogP contribution in [0.25, 0.3) is 0 Å². The summed E-state index contributed by atoms with van der Waals surface area (Å²) < 4.78 is 41.7. The molecule has 0 radical (unpaired) electrons. The van der Waals surface area contributed by atoms with Crippen LogP contribution >= 0.6 is 35.3 Å². The molecule has 0 aromatic heterocycles. The van der Waals surface area contributed by atoms with E-state index in [2.05, 4.69) is 82.8 Å². The van der Waals surface area contributed by atoms with Crippen molar-refractivity contribution >= 4 is 41.7 Å². The molecule has 135 heavy (non-hydrogen) atoms. The fourth-order valence-corrected chi connectivity index (χ4v) is 15.9. The number of rotatable bonds is 1. The van der Waals surface area contributed by atoms with Crippen LogP contribution < -0.4 is 68.0 Å². The molecule has 1 saturated carbocycles. The molecule has 24 heteroatoms. The van der Waals surface area contributed by atoms with Gasteiger partial charge in [0, 0.05) is 161 Å². The van der Waals surface area contributed by atoms with Gasteiger partial charge in [0.1, 0.15) is 13.2 Å². The molecule has 18 aliphatic rings. The van der Waals surface area contributed by atoms with E-state index in [0.717, 1.165) is 185 Å². The Kier molecular flexibility index (Phi) is 167. The summed E-state index contributed by atoms with van der Waals surface area (Å²) in [6.07, 6.45) is 31.9. The topological polar surface area (TPSA) is 226 Å². The lowest BCUT2D eigenvalue weighted by molar-refractivity contribution is -0.118. The van der Waals surface area contributed by atoms with Crippen molar-refractivity contribution in [3.05, 3.63) is 59.7 Å². The third-order valence-electron chi connectivity index (χ3n) is 20.1. The van der Waals surface area contributed by atoms with Crippen LogP contribution in [0.15, 0.2) is 48.5 Å². The highest BCUT2D eigenvalue weighted by Gasteiger charge is 2.50. The number of hydrogen-bond acceptors (Lipinski definition) is 23. The van der Waals surface area contributed by atoms with Crippen LogP contribution in [-0.4, -0.2) is 275 Å². The van der Waals surface area contributed by atoms with E-state index in [-0.39, 0.29) is 0 Å². The number of fused-ring (bicyclic) bond motifs is 8. The summed E-state index contributed by atoms with van der Waals surface area (Å²) >= 11 is 5.78. The van der Waals surface area contributed by atoms with Gasteiger partial charge >= 0.3 is 0 Å². The number of para-hydroxylation sites is 2. The van der Waals surface area contributed by atoms with Gasteiger partial charge in [0.05, 0.1) is 37.3 Å². The standard InChI is InChI=1S/C9H11N.C8H13NO.C8H8O2.C6H13N.C6H12O.C5H10N2O.C5H9N.C5H11N.C5H10O.C4H10N2.C4H9NO.C4H9NS.C4H9N.2C4H8OS.15C2H6/c1-2-4-9-7-10-6-5-8(9)3-1;1-2-8-6-4-9-3-5(6)7(1)10-8;1-2-4-8-7(3-1)9-5-6-10-8;2*1-2-4-6-7-5-3-1;8-5-7-3-1-6-2-4-7;1-4-2-6-3-5(1)4;2*1-2-4-6-5-3-1;1-2-6-4-3-5-1;2*1-3-6-4-2-5-1;1-2-4-5-3-1;2*1-2-5-4-6-3-1;15*1-2/h1-4,10H,5-7H2;5-9H,1-4H2;1-4H,5-6H2;7H,1-6H2;1-6H2;5-6H,1-4H2;4-6H,1-3H2;6H,1-5H2;1-5H2;5-6H,1-4H2;2*5H,1-4H2;5H,1-4H2;2*1-4H2;15*1-2H3. The van der Waals surface area contributed by atoms with Crippen LogP contribution in [0.3, 0.4) is 0 Å². The Labute approximate surface area is 856 Å². The maximum absolute atomic E-state index is 10.1. The van der Waals surface area contributed by atoms with Gasteiger partial charge < -0.3 is 101 Å². The highest BCUT2D eigenvalue weighted by Crippen LogP contribution is 2.45. The molecule has 11 N–H and O–H groups in total. The number of morpholine rings is 1. The molecule has 2 aromatic carbocycles. The second kappa shape index (κ2) is 147. The minimum Gasteiger partial charge on any atom is -0.486 e. The fourth-order valence-electron chi connectivity index (χ4n) is 13.8. The molecule has 1 amide bonds. The highest BCUT2D eigenvalue weighted by atomic mass is 32.2. The Morgan fingerprint density at radius 3 is 0.867 bits per heavy atom. The van der Waals surface area contributed by atoms with Crippen LogP contribution in [0, 0.1) is 23.7 Å². The number of carbonyl (C=O) groups is 1. The first kappa shape index (κ1) is 153. The first-order valence-corrected chi connectivity index (χ1v) is 60.4. The fraction of sp³-hybridized carbons (Fsp3) is 0.883. The van der Waals surface area contributed by atoms with Crippen molar-refractivity contribution < 1.29 is 42.7 Å². The monoisotopic (exact) mass is 1980 g/mol. The summed E-state index contributed by atoms with van der Waals surface area (Å²) in [5.74, 6) is 12.7. The van der Waals surface area contributed by atoms with Crippen molar-refractivity contribution in [2.24, 2.45) is 23.7 Å². The maximum Gasteiger partial charge on any atom is 0.209 e. The predicted molar refractivity (Wildman–Crippen MR) is 612 cm³/mol. The van der Waals surface area contributed by atoms with Gasteiger partial charge in [-0.1, -0.05) is 276 Å². The lowest BCUT2D eigenvalue weighted by Gasteiger charge is -2.22. The van der Waals surface area contributed by atoms with E-state index in [1.807, 2.05) is 267 Å². The quantitative estimate of drug-likeness (QED) is 0.119. The Balaban J connectivity index is -0.000000152. The molecule has 1 aliphatic carbocycles. The van der Waals surface area contributed by atoms with Gasteiger partial charge in [0.15, 0.2) is 11.5 Å². The van der Waals surface area contributed by atoms with Crippen molar-refractivity contribution in [2.75, 3.05) is 251 Å². The van der Waals surface area contributed by atoms with Crippen molar-refractivity contribution in [1.29, 1.82) is 0 Å². The number of benzene rings is 2. The smallest absolute Gasteiger partial charge is 0.209 e. The van der Waals surface area contributed by atoms with Gasteiger partial charge in [-0.15, -0.1) is 23.5 Å². The summed E-state index contributed by atoms with van der Waals surface area (Å²) in [5, 5.41) is 36.0. The number of nitrogens with zero attached hydrogens (tertiary/aromatic N) is 1. The Morgan fingerprint density at radius 2 is 0.600 bits per heavy atom. The first-order chi connectivity index (χ1) is 67.3. The lowest BCUT2D eigenvalue weighted by atomic mass is 9.82. The number of ether oxygens (including phenoxy) is 8. The molecule has 17 aliphatic heterocycles. The number of carbonyl (C=O) groups excluding carboxylic acids is 1. The number of nitrogens with one attached hydrogen (secondary N) is 11. The number of piperidine rings is 2. The minimum atomic E-state index is 0.630. The zero-order chi connectivity index (χ0) is 103. The predicted octanol–water partition coefficient (Wildman–Crippen LogP) is 24.2. The normalized spacial score (nSPS) is 21.6. The average Bonchev–Trinajstić information content (AvgIpc) is 1.64. The van der Waals surface area contributed by atoms with Gasteiger partial charge in [0.2, 0.25) is 6.41 Å². The van der Waals surface area contributed by atoms with E-state index >= 15 is 0 Å². The van der Waals surface area contributed by atoms with Crippen LogP contribution in [0.4, 0.5) is 0 Å². The van der Waals surface area contributed by atoms with Gasteiger partial charge in [0.25, 0.3) is 0 Å².